The lowest BCUT2D eigenvalue weighted by Crippen LogP contribution is -2.25. The molecule has 0 radical (unpaired) electrons. The van der Waals surface area contributed by atoms with Crippen LogP contribution in [0.5, 0.6) is 5.75 Å². The van der Waals surface area contributed by atoms with Gasteiger partial charge in [0.1, 0.15) is 17.5 Å². The van der Waals surface area contributed by atoms with Crippen LogP contribution in [0.15, 0.2) is 64.0 Å². The molecule has 1 atom stereocenters. The fourth-order valence-corrected chi connectivity index (χ4v) is 4.60. The molecule has 0 saturated heterocycles. The SMILES string of the molecule is C[C@@H]1Cc2ccc(-c3cc(CNC(=O)CCS(=O)(=O)c4ccccc4)no3)cc2O1. The van der Waals surface area contributed by atoms with E-state index in [9.17, 15) is 13.2 Å². The Balaban J connectivity index is 1.31. The van der Waals surface area contributed by atoms with Gasteiger partial charge in [0.15, 0.2) is 15.6 Å². The number of hydrogen-bond donors (Lipinski definition) is 1. The van der Waals surface area contributed by atoms with Crippen molar-refractivity contribution in [2.75, 3.05) is 5.75 Å². The second-order valence-electron chi connectivity index (χ2n) is 7.30. The van der Waals surface area contributed by atoms with Gasteiger partial charge in [-0.05, 0) is 30.7 Å². The summed E-state index contributed by atoms with van der Waals surface area (Å²) in [6, 6.07) is 15.8. The first-order valence-electron chi connectivity index (χ1n) is 9.71. The Bertz CT molecular complexity index is 1160. The smallest absolute Gasteiger partial charge is 0.221 e. The third-order valence-corrected chi connectivity index (χ3v) is 6.64. The maximum Gasteiger partial charge on any atom is 0.221 e. The van der Waals surface area contributed by atoms with Gasteiger partial charge < -0.3 is 14.6 Å². The molecule has 156 valence electrons. The van der Waals surface area contributed by atoms with E-state index >= 15 is 0 Å². The Morgan fingerprint density at radius 2 is 1.97 bits per heavy atom. The maximum atomic E-state index is 12.3. The van der Waals surface area contributed by atoms with E-state index in [1.54, 1.807) is 24.3 Å². The predicted molar refractivity (Wildman–Crippen MR) is 111 cm³/mol. The third-order valence-electron chi connectivity index (χ3n) is 4.91. The zero-order valence-electron chi connectivity index (χ0n) is 16.5. The molecule has 2 aromatic carbocycles. The van der Waals surface area contributed by atoms with Crippen molar-refractivity contribution in [1.82, 2.24) is 10.5 Å². The number of benzene rings is 2. The first-order chi connectivity index (χ1) is 14.4. The van der Waals surface area contributed by atoms with Crippen molar-refractivity contribution < 1.29 is 22.5 Å². The Labute approximate surface area is 175 Å². The van der Waals surface area contributed by atoms with Crippen molar-refractivity contribution in [3.05, 3.63) is 65.9 Å². The third kappa shape index (κ3) is 4.54. The molecule has 0 unspecified atom stereocenters. The van der Waals surface area contributed by atoms with Gasteiger partial charge in [0.2, 0.25) is 5.91 Å². The summed E-state index contributed by atoms with van der Waals surface area (Å²) >= 11 is 0. The molecular formula is C22H22N2O5S. The molecule has 4 rings (SSSR count). The van der Waals surface area contributed by atoms with Gasteiger partial charge in [-0.15, -0.1) is 0 Å². The van der Waals surface area contributed by atoms with Crippen LogP contribution in [0.4, 0.5) is 0 Å². The van der Waals surface area contributed by atoms with Gasteiger partial charge in [-0.25, -0.2) is 8.42 Å². The van der Waals surface area contributed by atoms with Crippen molar-refractivity contribution in [2.45, 2.75) is 37.3 Å². The van der Waals surface area contributed by atoms with Crippen LogP contribution in [0.1, 0.15) is 24.6 Å². The fraction of sp³-hybridized carbons (Fsp3) is 0.273. The Kier molecular flexibility index (Phi) is 5.59. The number of amides is 1. The monoisotopic (exact) mass is 426 g/mol. The van der Waals surface area contributed by atoms with Gasteiger partial charge in [0.05, 0.1) is 17.2 Å². The summed E-state index contributed by atoms with van der Waals surface area (Å²) in [6.07, 6.45) is 0.937. The predicted octanol–water partition coefficient (Wildman–Crippen LogP) is 3.15. The molecule has 1 aliphatic rings. The van der Waals surface area contributed by atoms with E-state index in [2.05, 4.69) is 10.5 Å². The molecule has 0 spiro atoms. The zero-order chi connectivity index (χ0) is 21.1. The lowest BCUT2D eigenvalue weighted by Gasteiger charge is -2.05. The normalized spacial score (nSPS) is 15.4. The van der Waals surface area contributed by atoms with Gasteiger partial charge in [0.25, 0.3) is 0 Å². The van der Waals surface area contributed by atoms with E-state index < -0.39 is 9.84 Å². The highest BCUT2D eigenvalue weighted by atomic mass is 32.2. The Morgan fingerprint density at radius 3 is 2.77 bits per heavy atom. The van der Waals surface area contributed by atoms with Gasteiger partial charge in [-0.2, -0.15) is 0 Å². The van der Waals surface area contributed by atoms with E-state index in [1.165, 1.54) is 17.7 Å². The van der Waals surface area contributed by atoms with Crippen molar-refractivity contribution in [2.24, 2.45) is 0 Å². The van der Waals surface area contributed by atoms with Gasteiger partial charge in [-0.3, -0.25) is 4.79 Å². The molecule has 0 aliphatic carbocycles. The van der Waals surface area contributed by atoms with Crippen LogP contribution < -0.4 is 10.1 Å². The molecule has 0 fully saturated rings. The lowest BCUT2D eigenvalue weighted by atomic mass is 10.1. The molecule has 8 heteroatoms. The summed E-state index contributed by atoms with van der Waals surface area (Å²) < 4.78 is 35.7. The summed E-state index contributed by atoms with van der Waals surface area (Å²) in [6.45, 7) is 2.19. The van der Waals surface area contributed by atoms with Gasteiger partial charge >= 0.3 is 0 Å². The molecule has 30 heavy (non-hydrogen) atoms. The molecular weight excluding hydrogens is 404 g/mol. The number of hydrogen-bond acceptors (Lipinski definition) is 6. The van der Waals surface area contributed by atoms with Crippen LogP contribution in [0.2, 0.25) is 0 Å². The number of sulfone groups is 1. The Hall–Kier alpha value is -3.13. The number of carbonyl (C=O) groups excluding carboxylic acids is 1. The molecule has 1 N–H and O–H groups in total. The highest BCUT2D eigenvalue weighted by Gasteiger charge is 2.20. The first-order valence-corrected chi connectivity index (χ1v) is 11.4. The number of ether oxygens (including phenoxy) is 1. The van der Waals surface area contributed by atoms with E-state index in [-0.39, 0.29) is 35.6 Å². The van der Waals surface area contributed by atoms with Crippen LogP contribution in [0.25, 0.3) is 11.3 Å². The summed E-state index contributed by atoms with van der Waals surface area (Å²) in [5, 5.41) is 6.67. The Morgan fingerprint density at radius 1 is 1.17 bits per heavy atom. The van der Waals surface area contributed by atoms with Gasteiger partial charge in [0, 0.05) is 24.5 Å². The van der Waals surface area contributed by atoms with E-state index in [1.807, 2.05) is 25.1 Å². The average molecular weight is 426 g/mol. The number of rotatable bonds is 7. The molecule has 3 aromatic rings. The number of fused-ring (bicyclic) bond motifs is 1. The fourth-order valence-electron chi connectivity index (χ4n) is 3.34. The van der Waals surface area contributed by atoms with Crippen LogP contribution >= 0.6 is 0 Å². The van der Waals surface area contributed by atoms with Crippen LogP contribution in [-0.2, 0) is 27.6 Å². The minimum Gasteiger partial charge on any atom is -0.490 e. The van der Waals surface area contributed by atoms with Crippen LogP contribution in [0.3, 0.4) is 0 Å². The second-order valence-corrected chi connectivity index (χ2v) is 9.41. The number of carbonyl (C=O) groups is 1. The van der Waals surface area contributed by atoms with Gasteiger partial charge in [-0.1, -0.05) is 35.5 Å². The van der Waals surface area contributed by atoms with Crippen molar-refractivity contribution in [3.8, 4) is 17.1 Å². The van der Waals surface area contributed by atoms with Crippen molar-refractivity contribution in [3.63, 3.8) is 0 Å². The molecule has 1 amide bonds. The summed E-state index contributed by atoms with van der Waals surface area (Å²) in [5.74, 6) is 0.821. The first kappa shape index (κ1) is 20.2. The number of nitrogens with zero attached hydrogens (tertiary/aromatic N) is 1. The lowest BCUT2D eigenvalue weighted by molar-refractivity contribution is -0.120. The zero-order valence-corrected chi connectivity index (χ0v) is 17.3. The standard InChI is InChI=1S/C22H22N2O5S/c1-15-11-16-7-8-17(12-20(16)28-15)21-13-18(24-29-21)14-23-22(25)9-10-30(26,27)19-5-3-2-4-6-19/h2-8,12-13,15H,9-11,14H2,1H3,(H,23,25)/t15-/m1/s1. The average Bonchev–Trinajstić information content (AvgIpc) is 3.36. The summed E-state index contributed by atoms with van der Waals surface area (Å²) in [7, 11) is -3.49. The molecule has 1 aliphatic heterocycles. The topological polar surface area (TPSA) is 98.5 Å². The van der Waals surface area contributed by atoms with Crippen LogP contribution in [0, 0.1) is 0 Å². The molecule has 0 saturated carbocycles. The molecule has 7 nitrogen and oxygen atoms in total. The van der Waals surface area contributed by atoms with E-state index in [4.69, 9.17) is 9.26 Å². The number of aromatic nitrogens is 1. The quantitative estimate of drug-likeness (QED) is 0.623. The minimum atomic E-state index is -3.49. The minimum absolute atomic E-state index is 0.123. The molecule has 0 bridgehead atoms. The van der Waals surface area contributed by atoms with E-state index in [0.29, 0.717) is 11.5 Å². The van der Waals surface area contributed by atoms with Crippen molar-refractivity contribution >= 4 is 15.7 Å². The van der Waals surface area contributed by atoms with Crippen molar-refractivity contribution in [1.29, 1.82) is 0 Å². The maximum absolute atomic E-state index is 12.3. The molecule has 1 aromatic heterocycles. The highest BCUT2D eigenvalue weighted by molar-refractivity contribution is 7.91. The molecule has 2 heterocycles. The second kappa shape index (κ2) is 8.31. The van der Waals surface area contributed by atoms with E-state index in [0.717, 1.165) is 17.7 Å². The summed E-state index contributed by atoms with van der Waals surface area (Å²) in [5.41, 5.74) is 2.57. The summed E-state index contributed by atoms with van der Waals surface area (Å²) in [4.78, 5) is 12.3. The number of nitrogens with one attached hydrogen (secondary N) is 1. The highest BCUT2D eigenvalue weighted by Crippen LogP contribution is 2.33. The largest absolute Gasteiger partial charge is 0.490 e. The van der Waals surface area contributed by atoms with Crippen LogP contribution in [-0.4, -0.2) is 31.3 Å².